The van der Waals surface area contributed by atoms with Crippen molar-refractivity contribution in [2.75, 3.05) is 13.2 Å². The van der Waals surface area contributed by atoms with Gasteiger partial charge in [-0.15, -0.1) is 0 Å². The van der Waals surface area contributed by atoms with E-state index >= 15 is 0 Å². The third-order valence-corrected chi connectivity index (χ3v) is 4.74. The van der Waals surface area contributed by atoms with E-state index in [2.05, 4.69) is 15.1 Å². The Balaban J connectivity index is 1.52. The molecule has 0 fully saturated rings. The molecule has 2 heterocycles. The van der Waals surface area contributed by atoms with Crippen LogP contribution in [0.2, 0.25) is 0 Å². The Morgan fingerprint density at radius 2 is 1.88 bits per heavy atom. The van der Waals surface area contributed by atoms with E-state index in [1.165, 1.54) is 23.0 Å². The molecule has 4 rings (SSSR count). The molecule has 8 nitrogen and oxygen atoms in total. The minimum Gasteiger partial charge on any atom is -0.494 e. The minimum absolute atomic E-state index is 0.239. The molecular weight excluding hydrogens is 415 g/mol. The maximum Gasteiger partial charge on any atom is 0.305 e. The molecule has 0 amide bonds. The standard InChI is InChI=1S/C23H21FN4O4/c1-2-31-20(29)4-3-13-32-18-11-5-15(6-12-18)21-26-22-19(23(30)27-21)14-25-28(22)17-9-7-16(24)8-10-17/h5-12,14H,2-4,13H2,1H3,(H,26,27,30). The van der Waals surface area contributed by atoms with E-state index in [0.29, 0.717) is 59.9 Å². The van der Waals surface area contributed by atoms with Gasteiger partial charge in [-0.1, -0.05) is 0 Å². The Bertz CT molecular complexity index is 1280. The van der Waals surface area contributed by atoms with Crippen molar-refractivity contribution in [1.29, 1.82) is 0 Å². The fraction of sp³-hybridized carbons (Fsp3) is 0.217. The summed E-state index contributed by atoms with van der Waals surface area (Å²) in [6, 6.07) is 12.9. The molecule has 4 aromatic rings. The number of aromatic amines is 1. The molecule has 0 saturated heterocycles. The molecule has 2 aromatic carbocycles. The van der Waals surface area contributed by atoms with Gasteiger partial charge in [0.25, 0.3) is 5.56 Å². The van der Waals surface area contributed by atoms with Gasteiger partial charge in [-0.05, 0) is 61.9 Å². The lowest BCUT2D eigenvalue weighted by atomic mass is 10.2. The van der Waals surface area contributed by atoms with E-state index in [4.69, 9.17) is 9.47 Å². The molecular formula is C23H21FN4O4. The highest BCUT2D eigenvalue weighted by Crippen LogP contribution is 2.21. The largest absolute Gasteiger partial charge is 0.494 e. The van der Waals surface area contributed by atoms with Crippen molar-refractivity contribution in [3.63, 3.8) is 0 Å². The van der Waals surface area contributed by atoms with E-state index in [-0.39, 0.29) is 17.3 Å². The Hall–Kier alpha value is -4.01. The predicted molar refractivity (Wildman–Crippen MR) is 116 cm³/mol. The number of rotatable bonds is 8. The van der Waals surface area contributed by atoms with Crippen LogP contribution < -0.4 is 10.3 Å². The van der Waals surface area contributed by atoms with Crippen molar-refractivity contribution < 1.29 is 18.7 Å². The van der Waals surface area contributed by atoms with Crippen LogP contribution in [0.5, 0.6) is 5.75 Å². The van der Waals surface area contributed by atoms with Gasteiger partial charge >= 0.3 is 5.97 Å². The second-order valence-electron chi connectivity index (χ2n) is 6.97. The summed E-state index contributed by atoms with van der Waals surface area (Å²) in [5, 5.41) is 4.56. The number of benzene rings is 2. The lowest BCUT2D eigenvalue weighted by Crippen LogP contribution is -2.10. The van der Waals surface area contributed by atoms with Crippen LogP contribution in [0.3, 0.4) is 0 Å². The summed E-state index contributed by atoms with van der Waals surface area (Å²) in [7, 11) is 0. The number of H-pyrrole nitrogens is 1. The highest BCUT2D eigenvalue weighted by atomic mass is 19.1. The molecule has 0 saturated carbocycles. The highest BCUT2D eigenvalue weighted by Gasteiger charge is 2.13. The molecule has 9 heteroatoms. The molecule has 0 radical (unpaired) electrons. The van der Waals surface area contributed by atoms with E-state index in [9.17, 15) is 14.0 Å². The van der Waals surface area contributed by atoms with Gasteiger partial charge in [0.15, 0.2) is 5.65 Å². The van der Waals surface area contributed by atoms with Gasteiger partial charge in [0.1, 0.15) is 22.8 Å². The fourth-order valence-electron chi connectivity index (χ4n) is 3.18. The topological polar surface area (TPSA) is 99.1 Å². The monoisotopic (exact) mass is 436 g/mol. The third-order valence-electron chi connectivity index (χ3n) is 4.74. The van der Waals surface area contributed by atoms with Crippen molar-refractivity contribution in [2.45, 2.75) is 19.8 Å². The van der Waals surface area contributed by atoms with Crippen LogP contribution in [-0.2, 0) is 9.53 Å². The van der Waals surface area contributed by atoms with E-state index < -0.39 is 0 Å². The SMILES string of the molecule is CCOC(=O)CCCOc1ccc(-c2nc3c(cnn3-c3ccc(F)cc3)c(=O)[nH]2)cc1. The highest BCUT2D eigenvalue weighted by molar-refractivity contribution is 5.77. The average molecular weight is 436 g/mol. The predicted octanol–water partition coefficient (Wildman–Crippen LogP) is 3.64. The number of hydrogen-bond acceptors (Lipinski definition) is 6. The molecule has 2 aromatic heterocycles. The number of nitrogens with one attached hydrogen (secondary N) is 1. The number of carbonyl (C=O) groups is 1. The lowest BCUT2D eigenvalue weighted by Gasteiger charge is -2.08. The summed E-state index contributed by atoms with van der Waals surface area (Å²) >= 11 is 0. The zero-order chi connectivity index (χ0) is 22.5. The maximum atomic E-state index is 13.3. The molecule has 0 aliphatic rings. The second-order valence-corrected chi connectivity index (χ2v) is 6.97. The Morgan fingerprint density at radius 3 is 2.59 bits per heavy atom. The number of carbonyl (C=O) groups excluding carboxylic acids is 1. The number of fused-ring (bicyclic) bond motifs is 1. The van der Waals surface area contributed by atoms with Gasteiger partial charge in [-0.25, -0.2) is 14.1 Å². The first-order valence-electron chi connectivity index (χ1n) is 10.2. The Morgan fingerprint density at radius 1 is 1.12 bits per heavy atom. The minimum atomic E-state index is -0.361. The smallest absolute Gasteiger partial charge is 0.305 e. The first kappa shape index (κ1) is 21.2. The lowest BCUT2D eigenvalue weighted by molar-refractivity contribution is -0.143. The van der Waals surface area contributed by atoms with Gasteiger partial charge in [0.2, 0.25) is 0 Å². The van der Waals surface area contributed by atoms with Gasteiger partial charge < -0.3 is 14.5 Å². The maximum absolute atomic E-state index is 13.3. The van der Waals surface area contributed by atoms with Gasteiger partial charge in [-0.3, -0.25) is 9.59 Å². The molecule has 164 valence electrons. The van der Waals surface area contributed by atoms with Crippen LogP contribution in [0.25, 0.3) is 28.1 Å². The van der Waals surface area contributed by atoms with Crippen molar-refractivity contribution >= 4 is 17.0 Å². The van der Waals surface area contributed by atoms with Crippen molar-refractivity contribution in [3.05, 3.63) is 70.9 Å². The number of hydrogen-bond donors (Lipinski definition) is 1. The van der Waals surface area contributed by atoms with Crippen LogP contribution in [0.15, 0.2) is 59.5 Å². The first-order chi connectivity index (χ1) is 15.5. The van der Waals surface area contributed by atoms with Gasteiger partial charge in [-0.2, -0.15) is 5.10 Å². The molecule has 0 spiro atoms. The van der Waals surface area contributed by atoms with Crippen LogP contribution in [0, 0.1) is 5.82 Å². The Labute approximate surface area is 182 Å². The summed E-state index contributed by atoms with van der Waals surface area (Å²) in [6.07, 6.45) is 2.29. The molecule has 0 atom stereocenters. The van der Waals surface area contributed by atoms with Crippen LogP contribution in [-0.4, -0.2) is 38.9 Å². The number of nitrogens with zero attached hydrogens (tertiary/aromatic N) is 3. The summed E-state index contributed by atoms with van der Waals surface area (Å²) in [4.78, 5) is 31.2. The fourth-order valence-corrected chi connectivity index (χ4v) is 3.18. The van der Waals surface area contributed by atoms with Crippen LogP contribution in [0.4, 0.5) is 4.39 Å². The van der Waals surface area contributed by atoms with E-state index in [0.717, 1.165) is 0 Å². The van der Waals surface area contributed by atoms with Crippen LogP contribution >= 0.6 is 0 Å². The summed E-state index contributed by atoms with van der Waals surface area (Å²) < 4.78 is 25.3. The molecule has 0 aliphatic heterocycles. The van der Waals surface area contributed by atoms with E-state index in [1.54, 1.807) is 43.3 Å². The molecule has 0 aliphatic carbocycles. The quantitative estimate of drug-likeness (QED) is 0.334. The summed E-state index contributed by atoms with van der Waals surface area (Å²) in [5.74, 6) is 0.411. The normalized spacial score (nSPS) is 10.9. The van der Waals surface area contributed by atoms with Gasteiger partial charge in [0.05, 0.1) is 25.1 Å². The summed E-state index contributed by atoms with van der Waals surface area (Å²) in [6.45, 7) is 2.52. The molecule has 0 unspecified atom stereocenters. The first-order valence-corrected chi connectivity index (χ1v) is 10.2. The number of halogens is 1. The number of esters is 1. The van der Waals surface area contributed by atoms with Crippen molar-refractivity contribution in [3.8, 4) is 22.8 Å². The second kappa shape index (κ2) is 9.42. The van der Waals surface area contributed by atoms with Crippen LogP contribution in [0.1, 0.15) is 19.8 Å². The molecule has 1 N–H and O–H groups in total. The average Bonchev–Trinajstić information content (AvgIpc) is 3.22. The number of aromatic nitrogens is 4. The third kappa shape index (κ3) is 4.66. The molecule has 0 bridgehead atoms. The summed E-state index contributed by atoms with van der Waals surface area (Å²) in [5.41, 5.74) is 1.33. The molecule has 32 heavy (non-hydrogen) atoms. The zero-order valence-electron chi connectivity index (χ0n) is 17.4. The van der Waals surface area contributed by atoms with Gasteiger partial charge in [0, 0.05) is 12.0 Å². The van der Waals surface area contributed by atoms with Crippen molar-refractivity contribution in [2.24, 2.45) is 0 Å². The van der Waals surface area contributed by atoms with E-state index in [1.807, 2.05) is 0 Å². The Kier molecular flexibility index (Phi) is 6.25. The number of ether oxygens (including phenoxy) is 2. The van der Waals surface area contributed by atoms with Crippen molar-refractivity contribution in [1.82, 2.24) is 19.7 Å². The zero-order valence-corrected chi connectivity index (χ0v) is 17.4.